The monoisotopic (exact) mass is 211 g/mol. The molecule has 0 spiro atoms. The molecule has 0 aromatic carbocycles. The van der Waals surface area contributed by atoms with E-state index in [0.717, 1.165) is 4.31 Å². The molecule has 13 heavy (non-hydrogen) atoms. The van der Waals surface area contributed by atoms with Crippen molar-refractivity contribution in [2.75, 3.05) is 25.4 Å². The Labute approximate surface area is 76.8 Å². The fraction of sp³-hybridized carbons (Fsp3) is 0.833. The lowest BCUT2D eigenvalue weighted by atomic mass is 10.6. The van der Waals surface area contributed by atoms with Crippen LogP contribution in [-0.2, 0) is 14.8 Å². The van der Waals surface area contributed by atoms with E-state index >= 15 is 0 Å². The van der Waals surface area contributed by atoms with Crippen molar-refractivity contribution in [1.29, 1.82) is 0 Å². The maximum absolute atomic E-state index is 11.2. The minimum absolute atomic E-state index is 0.0634. The summed E-state index contributed by atoms with van der Waals surface area (Å²) in [5, 5.41) is 16.8. The lowest BCUT2D eigenvalue weighted by Gasteiger charge is -2.17. The molecule has 0 aliphatic heterocycles. The van der Waals surface area contributed by atoms with E-state index in [9.17, 15) is 13.2 Å². The second-order valence-corrected chi connectivity index (χ2v) is 4.33. The van der Waals surface area contributed by atoms with Gasteiger partial charge in [-0.05, 0) is 0 Å². The third-order valence-corrected chi connectivity index (χ3v) is 3.24. The zero-order valence-electron chi connectivity index (χ0n) is 7.30. The number of hydrogen-bond acceptors (Lipinski definition) is 4. The molecular formula is C6H13NO5S. The summed E-state index contributed by atoms with van der Waals surface area (Å²) in [5.41, 5.74) is 0. The molecule has 6 nitrogen and oxygen atoms in total. The summed E-state index contributed by atoms with van der Waals surface area (Å²) < 4.78 is 23.3. The van der Waals surface area contributed by atoms with E-state index in [2.05, 4.69) is 0 Å². The summed E-state index contributed by atoms with van der Waals surface area (Å²) in [6, 6.07) is 0. The minimum atomic E-state index is -3.76. The van der Waals surface area contributed by atoms with Crippen molar-refractivity contribution in [3.63, 3.8) is 0 Å². The van der Waals surface area contributed by atoms with Crippen molar-refractivity contribution in [2.24, 2.45) is 0 Å². The fourth-order valence-electron chi connectivity index (χ4n) is 0.853. The van der Waals surface area contributed by atoms with Crippen LogP contribution < -0.4 is 0 Å². The molecule has 7 heteroatoms. The summed E-state index contributed by atoms with van der Waals surface area (Å²) in [6.45, 7) is 1.37. The van der Waals surface area contributed by atoms with Gasteiger partial charge in [-0.1, -0.05) is 6.92 Å². The van der Waals surface area contributed by atoms with Crippen molar-refractivity contribution in [1.82, 2.24) is 4.31 Å². The number of aliphatic hydroxyl groups is 1. The zero-order chi connectivity index (χ0) is 10.5. The number of carbonyl (C=O) groups is 1. The summed E-state index contributed by atoms with van der Waals surface area (Å²) in [7, 11) is -3.76. The lowest BCUT2D eigenvalue weighted by molar-refractivity contribution is -0.134. The predicted octanol–water partition coefficient (Wildman–Crippen LogP) is -1.28. The first-order chi connectivity index (χ1) is 5.94. The Morgan fingerprint density at radius 3 is 2.31 bits per heavy atom. The normalized spacial score (nSPS) is 11.9. The van der Waals surface area contributed by atoms with Crippen molar-refractivity contribution < 1.29 is 23.4 Å². The van der Waals surface area contributed by atoms with Gasteiger partial charge in [0, 0.05) is 13.1 Å². The van der Waals surface area contributed by atoms with Crippen molar-refractivity contribution in [2.45, 2.75) is 6.92 Å². The molecule has 0 aliphatic carbocycles. The number of aliphatic carboxylic acids is 1. The minimum Gasteiger partial charge on any atom is -0.480 e. The van der Waals surface area contributed by atoms with Gasteiger partial charge in [-0.2, -0.15) is 4.31 Å². The summed E-state index contributed by atoms with van der Waals surface area (Å²) in [4.78, 5) is 10.2. The van der Waals surface area contributed by atoms with E-state index in [0.29, 0.717) is 0 Å². The second kappa shape index (κ2) is 5.15. The van der Waals surface area contributed by atoms with E-state index in [4.69, 9.17) is 10.2 Å². The van der Waals surface area contributed by atoms with Gasteiger partial charge in [0.05, 0.1) is 6.61 Å². The van der Waals surface area contributed by atoms with Crippen LogP contribution in [0.4, 0.5) is 0 Å². The van der Waals surface area contributed by atoms with Crippen LogP contribution in [0.1, 0.15) is 6.92 Å². The highest BCUT2D eigenvalue weighted by Crippen LogP contribution is 2.00. The Bertz CT molecular complexity index is 260. The molecule has 0 bridgehead atoms. The van der Waals surface area contributed by atoms with Gasteiger partial charge < -0.3 is 10.2 Å². The number of hydrogen-bond donors (Lipinski definition) is 2. The predicted molar refractivity (Wildman–Crippen MR) is 45.8 cm³/mol. The first-order valence-electron chi connectivity index (χ1n) is 3.74. The Hall–Kier alpha value is -0.660. The summed E-state index contributed by atoms with van der Waals surface area (Å²) >= 11 is 0. The highest BCUT2D eigenvalue weighted by atomic mass is 32.2. The Balaban J connectivity index is 4.48. The van der Waals surface area contributed by atoms with Gasteiger partial charge in [0.1, 0.15) is 0 Å². The van der Waals surface area contributed by atoms with E-state index < -0.39 is 21.7 Å². The number of aliphatic hydroxyl groups excluding tert-OH is 1. The second-order valence-electron chi connectivity index (χ2n) is 2.37. The molecule has 2 N–H and O–H groups in total. The Kier molecular flexibility index (Phi) is 4.89. The SMILES string of the molecule is CCN(CCO)S(=O)(=O)CC(=O)O. The van der Waals surface area contributed by atoms with Gasteiger partial charge in [0.15, 0.2) is 5.75 Å². The third kappa shape index (κ3) is 4.20. The molecule has 0 atom stereocenters. The first-order valence-corrected chi connectivity index (χ1v) is 5.35. The fourth-order valence-corrected chi connectivity index (χ4v) is 2.10. The average Bonchev–Trinajstić information content (AvgIpc) is 1.97. The number of carboxylic acids is 1. The summed E-state index contributed by atoms with van der Waals surface area (Å²) in [6.07, 6.45) is 0. The lowest BCUT2D eigenvalue weighted by Crippen LogP contribution is -2.37. The topological polar surface area (TPSA) is 94.9 Å². The van der Waals surface area contributed by atoms with Crippen LogP contribution in [-0.4, -0.2) is 54.4 Å². The van der Waals surface area contributed by atoms with E-state index in [1.54, 1.807) is 6.92 Å². The van der Waals surface area contributed by atoms with E-state index in [1.165, 1.54) is 0 Å². The Morgan fingerprint density at radius 2 is 2.00 bits per heavy atom. The zero-order valence-corrected chi connectivity index (χ0v) is 8.12. The van der Waals surface area contributed by atoms with Gasteiger partial charge in [-0.3, -0.25) is 4.79 Å². The van der Waals surface area contributed by atoms with Crippen molar-refractivity contribution >= 4 is 16.0 Å². The van der Waals surface area contributed by atoms with Crippen LogP contribution >= 0.6 is 0 Å². The van der Waals surface area contributed by atoms with Gasteiger partial charge in [-0.15, -0.1) is 0 Å². The molecular weight excluding hydrogens is 198 g/mol. The van der Waals surface area contributed by atoms with Crippen LogP contribution in [0.15, 0.2) is 0 Å². The molecule has 78 valence electrons. The van der Waals surface area contributed by atoms with Gasteiger partial charge >= 0.3 is 5.97 Å². The molecule has 0 aromatic rings. The largest absolute Gasteiger partial charge is 0.480 e. The number of likely N-dealkylation sites (N-methyl/N-ethyl adjacent to an activating group) is 1. The van der Waals surface area contributed by atoms with Gasteiger partial charge in [0.2, 0.25) is 10.0 Å². The molecule has 0 amide bonds. The maximum Gasteiger partial charge on any atom is 0.320 e. The molecule has 0 saturated heterocycles. The number of carboxylic acid groups (broad SMARTS) is 1. The van der Waals surface area contributed by atoms with Gasteiger partial charge in [-0.25, -0.2) is 8.42 Å². The molecule has 0 heterocycles. The van der Waals surface area contributed by atoms with E-state index in [-0.39, 0.29) is 19.7 Å². The standard InChI is InChI=1S/C6H13NO5S/c1-2-7(3-4-8)13(11,12)5-6(9)10/h8H,2-5H2,1H3,(H,9,10). The van der Waals surface area contributed by atoms with Crippen LogP contribution in [0.2, 0.25) is 0 Å². The maximum atomic E-state index is 11.2. The molecule has 0 unspecified atom stereocenters. The number of rotatable bonds is 6. The molecule has 0 radical (unpaired) electrons. The average molecular weight is 211 g/mol. The molecule has 0 rings (SSSR count). The number of nitrogens with zero attached hydrogens (tertiary/aromatic N) is 1. The van der Waals surface area contributed by atoms with Crippen LogP contribution in [0.5, 0.6) is 0 Å². The number of sulfonamides is 1. The molecule has 0 aromatic heterocycles. The third-order valence-electron chi connectivity index (χ3n) is 1.40. The van der Waals surface area contributed by atoms with Gasteiger partial charge in [0.25, 0.3) is 0 Å². The quantitative estimate of drug-likeness (QED) is 0.570. The Morgan fingerprint density at radius 1 is 1.46 bits per heavy atom. The van der Waals surface area contributed by atoms with Crippen LogP contribution in [0.25, 0.3) is 0 Å². The molecule has 0 fully saturated rings. The van der Waals surface area contributed by atoms with Crippen LogP contribution in [0, 0.1) is 0 Å². The molecule has 0 aliphatic rings. The smallest absolute Gasteiger partial charge is 0.320 e. The highest BCUT2D eigenvalue weighted by molar-refractivity contribution is 7.89. The van der Waals surface area contributed by atoms with Crippen molar-refractivity contribution in [3.05, 3.63) is 0 Å². The highest BCUT2D eigenvalue weighted by Gasteiger charge is 2.22. The van der Waals surface area contributed by atoms with E-state index in [1.807, 2.05) is 0 Å². The molecule has 0 saturated carbocycles. The van der Waals surface area contributed by atoms with Crippen LogP contribution in [0.3, 0.4) is 0 Å². The first kappa shape index (κ1) is 12.3. The van der Waals surface area contributed by atoms with Crippen molar-refractivity contribution in [3.8, 4) is 0 Å². The summed E-state index contributed by atoms with van der Waals surface area (Å²) in [5.74, 6) is -2.32.